The van der Waals surface area contributed by atoms with Crippen LogP contribution in [0.1, 0.15) is 35.2 Å². The quantitative estimate of drug-likeness (QED) is 0.623. The molecule has 5 nitrogen and oxygen atoms in total. The Labute approximate surface area is 97.9 Å². The number of amides is 2. The Kier molecular flexibility index (Phi) is 2.06. The number of aromatic nitrogens is 1. The van der Waals surface area contributed by atoms with E-state index in [4.69, 9.17) is 0 Å². The predicted octanol–water partition coefficient (Wildman–Crippen LogP) is 0.134. The van der Waals surface area contributed by atoms with E-state index in [0.717, 1.165) is 0 Å². The molecule has 2 atom stereocenters. The number of imide groups is 1. The lowest BCUT2D eigenvalue weighted by Crippen LogP contribution is -2.51. The van der Waals surface area contributed by atoms with Crippen LogP contribution in [0, 0.1) is 0 Å². The lowest BCUT2D eigenvalue weighted by molar-refractivity contribution is -0.126. The molecule has 0 aromatic carbocycles. The fourth-order valence-corrected chi connectivity index (χ4v) is 2.88. The monoisotopic (exact) mass is 232 g/mol. The molecule has 1 aliphatic heterocycles. The average Bonchev–Trinajstić information content (AvgIpc) is 2.71. The average molecular weight is 232 g/mol. The lowest BCUT2D eigenvalue weighted by atomic mass is 9.74. The maximum atomic E-state index is 12.1. The fraction of sp³-hybridized carbons (Fsp3) is 0.417. The van der Waals surface area contributed by atoms with Gasteiger partial charge in [0.2, 0.25) is 5.91 Å². The SMILES string of the molecule is O=C1NC(=O)[C@@]2(CC[C@H](O)C2)c2ccncc21. The van der Waals surface area contributed by atoms with Gasteiger partial charge in [-0.25, -0.2) is 0 Å². The van der Waals surface area contributed by atoms with Crippen molar-refractivity contribution in [1.29, 1.82) is 0 Å². The molecule has 1 aliphatic carbocycles. The van der Waals surface area contributed by atoms with Crippen molar-refractivity contribution < 1.29 is 14.7 Å². The van der Waals surface area contributed by atoms with Crippen molar-refractivity contribution in [2.75, 3.05) is 0 Å². The Balaban J connectivity index is 2.19. The van der Waals surface area contributed by atoms with Gasteiger partial charge in [-0.15, -0.1) is 0 Å². The van der Waals surface area contributed by atoms with Crippen LogP contribution < -0.4 is 5.32 Å². The summed E-state index contributed by atoms with van der Waals surface area (Å²) >= 11 is 0. The van der Waals surface area contributed by atoms with E-state index in [1.54, 1.807) is 12.3 Å². The zero-order valence-electron chi connectivity index (χ0n) is 9.14. The summed E-state index contributed by atoms with van der Waals surface area (Å²) in [6.07, 6.45) is 4.12. The van der Waals surface area contributed by atoms with E-state index in [9.17, 15) is 14.7 Å². The number of carbonyl (C=O) groups excluding carboxylic acids is 2. The van der Waals surface area contributed by atoms with Gasteiger partial charge in [-0.1, -0.05) is 0 Å². The number of fused-ring (bicyclic) bond motifs is 2. The van der Waals surface area contributed by atoms with E-state index in [0.29, 0.717) is 30.4 Å². The summed E-state index contributed by atoms with van der Waals surface area (Å²) in [7, 11) is 0. The zero-order chi connectivity index (χ0) is 12.0. The molecule has 1 aromatic rings. The molecule has 1 spiro atoms. The molecular weight excluding hydrogens is 220 g/mol. The van der Waals surface area contributed by atoms with Crippen LogP contribution in [0.15, 0.2) is 18.5 Å². The van der Waals surface area contributed by atoms with E-state index >= 15 is 0 Å². The van der Waals surface area contributed by atoms with Gasteiger partial charge in [0.1, 0.15) is 0 Å². The van der Waals surface area contributed by atoms with E-state index in [1.165, 1.54) is 6.20 Å². The minimum absolute atomic E-state index is 0.294. The number of pyridine rings is 1. The predicted molar refractivity (Wildman–Crippen MR) is 58.2 cm³/mol. The second-order valence-corrected chi connectivity index (χ2v) is 4.68. The maximum absolute atomic E-state index is 12.1. The van der Waals surface area contributed by atoms with E-state index in [2.05, 4.69) is 10.3 Å². The first-order valence-corrected chi connectivity index (χ1v) is 5.62. The highest BCUT2D eigenvalue weighted by Crippen LogP contribution is 2.44. The van der Waals surface area contributed by atoms with Crippen molar-refractivity contribution in [3.05, 3.63) is 29.6 Å². The highest BCUT2D eigenvalue weighted by atomic mass is 16.3. The number of hydrogen-bond acceptors (Lipinski definition) is 4. The normalized spacial score (nSPS) is 31.5. The van der Waals surface area contributed by atoms with Crippen molar-refractivity contribution in [2.45, 2.75) is 30.8 Å². The van der Waals surface area contributed by atoms with Crippen LogP contribution in [-0.4, -0.2) is 28.0 Å². The summed E-state index contributed by atoms with van der Waals surface area (Å²) in [5.41, 5.74) is 0.407. The molecule has 0 unspecified atom stereocenters. The van der Waals surface area contributed by atoms with E-state index in [-0.39, 0.29) is 5.91 Å². The Bertz CT molecular complexity index is 514. The summed E-state index contributed by atoms with van der Waals surface area (Å²) < 4.78 is 0. The summed E-state index contributed by atoms with van der Waals surface area (Å²) in [6, 6.07) is 1.71. The Morgan fingerprint density at radius 2 is 2.29 bits per heavy atom. The van der Waals surface area contributed by atoms with Crippen LogP contribution in [-0.2, 0) is 10.2 Å². The number of nitrogens with zero attached hydrogens (tertiary/aromatic N) is 1. The molecule has 3 rings (SSSR count). The van der Waals surface area contributed by atoms with Crippen molar-refractivity contribution in [1.82, 2.24) is 10.3 Å². The van der Waals surface area contributed by atoms with Crippen LogP contribution in [0.2, 0.25) is 0 Å². The Morgan fingerprint density at radius 1 is 1.47 bits per heavy atom. The van der Waals surface area contributed by atoms with Gasteiger partial charge in [-0.2, -0.15) is 0 Å². The molecule has 1 aromatic heterocycles. The largest absolute Gasteiger partial charge is 0.393 e. The number of aliphatic hydroxyl groups is 1. The van der Waals surface area contributed by atoms with Gasteiger partial charge in [0, 0.05) is 12.4 Å². The van der Waals surface area contributed by atoms with Crippen LogP contribution in [0.25, 0.3) is 0 Å². The third-order valence-electron chi connectivity index (χ3n) is 3.73. The number of aliphatic hydroxyl groups excluding tert-OH is 1. The van der Waals surface area contributed by atoms with E-state index < -0.39 is 17.4 Å². The van der Waals surface area contributed by atoms with Gasteiger partial charge < -0.3 is 5.11 Å². The minimum atomic E-state index is -0.744. The first-order chi connectivity index (χ1) is 8.13. The van der Waals surface area contributed by atoms with Gasteiger partial charge in [0.15, 0.2) is 0 Å². The molecular formula is C12H12N2O3. The Morgan fingerprint density at radius 3 is 3.00 bits per heavy atom. The standard InChI is InChI=1S/C12H12N2O3/c15-7-1-3-12(5-7)9-2-4-13-6-8(9)10(16)14-11(12)17/h2,4,6-7,15H,1,3,5H2,(H,14,16,17)/t7-,12+/m0/s1. The van der Waals surface area contributed by atoms with Crippen molar-refractivity contribution in [2.24, 2.45) is 0 Å². The van der Waals surface area contributed by atoms with Crippen molar-refractivity contribution in [3.63, 3.8) is 0 Å². The minimum Gasteiger partial charge on any atom is -0.393 e. The van der Waals surface area contributed by atoms with E-state index in [1.807, 2.05) is 0 Å². The molecule has 1 fully saturated rings. The van der Waals surface area contributed by atoms with Gasteiger partial charge >= 0.3 is 0 Å². The zero-order valence-corrected chi connectivity index (χ0v) is 9.14. The fourth-order valence-electron chi connectivity index (χ4n) is 2.88. The first kappa shape index (κ1) is 10.4. The molecule has 17 heavy (non-hydrogen) atoms. The Hall–Kier alpha value is -1.75. The van der Waals surface area contributed by atoms with Crippen LogP contribution in [0.4, 0.5) is 0 Å². The molecule has 88 valence electrons. The molecule has 5 heteroatoms. The lowest BCUT2D eigenvalue weighted by Gasteiger charge is -2.33. The second-order valence-electron chi connectivity index (χ2n) is 4.68. The molecule has 2 N–H and O–H groups in total. The smallest absolute Gasteiger partial charge is 0.259 e. The molecule has 0 radical (unpaired) electrons. The number of hydrogen-bond donors (Lipinski definition) is 2. The van der Waals surface area contributed by atoms with Crippen molar-refractivity contribution in [3.8, 4) is 0 Å². The summed E-state index contributed by atoms with van der Waals surface area (Å²) in [5.74, 6) is -0.692. The molecule has 0 saturated heterocycles. The third kappa shape index (κ3) is 1.32. The highest BCUT2D eigenvalue weighted by molar-refractivity contribution is 6.13. The number of rotatable bonds is 0. The number of carbonyl (C=O) groups is 2. The molecule has 1 saturated carbocycles. The molecule has 2 amide bonds. The van der Waals surface area contributed by atoms with Crippen LogP contribution in [0.3, 0.4) is 0 Å². The second kappa shape index (κ2) is 3.37. The van der Waals surface area contributed by atoms with Crippen LogP contribution in [0.5, 0.6) is 0 Å². The number of nitrogens with one attached hydrogen (secondary N) is 1. The highest BCUT2D eigenvalue weighted by Gasteiger charge is 2.50. The summed E-state index contributed by atoms with van der Waals surface area (Å²) in [5, 5.41) is 12.0. The topological polar surface area (TPSA) is 79.3 Å². The van der Waals surface area contributed by atoms with Crippen LogP contribution >= 0.6 is 0 Å². The molecule has 2 heterocycles. The molecule has 0 bridgehead atoms. The van der Waals surface area contributed by atoms with Gasteiger partial charge in [0.05, 0.1) is 17.1 Å². The van der Waals surface area contributed by atoms with Gasteiger partial charge in [-0.3, -0.25) is 19.9 Å². The molecule has 2 aliphatic rings. The first-order valence-electron chi connectivity index (χ1n) is 5.62. The van der Waals surface area contributed by atoms with Gasteiger partial charge in [-0.05, 0) is 30.9 Å². The summed E-state index contributed by atoms with van der Waals surface area (Å²) in [4.78, 5) is 27.7. The third-order valence-corrected chi connectivity index (χ3v) is 3.73. The summed E-state index contributed by atoms with van der Waals surface area (Å²) in [6.45, 7) is 0. The van der Waals surface area contributed by atoms with Crippen molar-refractivity contribution >= 4 is 11.8 Å². The maximum Gasteiger partial charge on any atom is 0.259 e. The van der Waals surface area contributed by atoms with Gasteiger partial charge in [0.25, 0.3) is 5.91 Å².